The molecule has 20 heavy (non-hydrogen) atoms. The van der Waals surface area contributed by atoms with Gasteiger partial charge in [-0.1, -0.05) is 17.7 Å². The predicted molar refractivity (Wildman–Crippen MR) is 82.3 cm³/mol. The minimum absolute atomic E-state index is 0.155. The highest BCUT2D eigenvalue weighted by atomic mass is 16.1. The van der Waals surface area contributed by atoms with Crippen LogP contribution in [0.15, 0.2) is 36.5 Å². The van der Waals surface area contributed by atoms with Crippen LogP contribution < -0.4 is 10.6 Å². The summed E-state index contributed by atoms with van der Waals surface area (Å²) in [6.45, 7) is 6.67. The van der Waals surface area contributed by atoms with E-state index in [0.717, 1.165) is 29.2 Å². The number of hydrogen-bond acceptors (Lipinski definition) is 3. The van der Waals surface area contributed by atoms with Crippen LogP contribution in [0, 0.1) is 13.8 Å². The maximum absolute atomic E-state index is 12.3. The van der Waals surface area contributed by atoms with E-state index in [4.69, 9.17) is 0 Å². The second-order valence-electron chi connectivity index (χ2n) is 4.72. The minimum atomic E-state index is -0.155. The van der Waals surface area contributed by atoms with E-state index in [9.17, 15) is 4.79 Å². The Morgan fingerprint density at radius 3 is 2.55 bits per heavy atom. The zero-order valence-electron chi connectivity index (χ0n) is 12.0. The molecule has 0 fully saturated rings. The number of nitrogens with zero attached hydrogens (tertiary/aromatic N) is 1. The highest BCUT2D eigenvalue weighted by molar-refractivity contribution is 6.07. The summed E-state index contributed by atoms with van der Waals surface area (Å²) in [5.41, 5.74) is 4.19. The topological polar surface area (TPSA) is 54.0 Å². The summed E-state index contributed by atoms with van der Waals surface area (Å²) in [5, 5.41) is 6.08. The van der Waals surface area contributed by atoms with E-state index in [1.54, 1.807) is 6.20 Å². The number of benzene rings is 1. The van der Waals surface area contributed by atoms with Gasteiger partial charge >= 0.3 is 0 Å². The van der Waals surface area contributed by atoms with Crippen molar-refractivity contribution in [2.75, 3.05) is 17.2 Å². The molecule has 0 aliphatic heterocycles. The lowest BCUT2D eigenvalue weighted by atomic mass is 10.1. The molecule has 104 valence electrons. The summed E-state index contributed by atoms with van der Waals surface area (Å²) in [6.07, 6.45) is 1.61. The Morgan fingerprint density at radius 1 is 1.20 bits per heavy atom. The fourth-order valence-corrected chi connectivity index (χ4v) is 1.91. The van der Waals surface area contributed by atoms with Gasteiger partial charge in [-0.25, -0.2) is 0 Å². The Bertz CT molecular complexity index is 606. The normalized spacial score (nSPS) is 10.2. The Hall–Kier alpha value is -2.36. The van der Waals surface area contributed by atoms with Gasteiger partial charge in [0.05, 0.1) is 11.3 Å². The highest BCUT2D eigenvalue weighted by Gasteiger charge is 2.12. The van der Waals surface area contributed by atoms with E-state index >= 15 is 0 Å². The average molecular weight is 269 g/mol. The summed E-state index contributed by atoms with van der Waals surface area (Å²) in [5.74, 6) is -0.155. The number of nitrogens with one attached hydrogen (secondary N) is 2. The Labute approximate surface area is 119 Å². The van der Waals surface area contributed by atoms with E-state index in [1.807, 2.05) is 51.1 Å². The first-order chi connectivity index (χ1) is 9.60. The molecule has 1 aromatic carbocycles. The average Bonchev–Trinajstić information content (AvgIpc) is 2.42. The van der Waals surface area contributed by atoms with Gasteiger partial charge in [0.15, 0.2) is 0 Å². The maximum atomic E-state index is 12.3. The number of aromatic nitrogens is 1. The van der Waals surface area contributed by atoms with Crippen molar-refractivity contribution >= 4 is 17.3 Å². The second kappa shape index (κ2) is 6.19. The number of rotatable bonds is 4. The molecule has 4 nitrogen and oxygen atoms in total. The molecule has 2 aromatic rings. The van der Waals surface area contributed by atoms with Crippen molar-refractivity contribution < 1.29 is 4.79 Å². The highest BCUT2D eigenvalue weighted by Crippen LogP contribution is 2.18. The first-order valence-corrected chi connectivity index (χ1v) is 6.68. The van der Waals surface area contributed by atoms with Gasteiger partial charge < -0.3 is 10.6 Å². The van der Waals surface area contributed by atoms with Gasteiger partial charge in [-0.05, 0) is 39.0 Å². The molecule has 2 N–H and O–H groups in total. The standard InChI is InChI=1S/C16H19N3O/c1-4-17-15-9-12(3)18-10-14(15)16(20)19-13-7-5-11(2)6-8-13/h5-10H,4H2,1-3H3,(H,17,18)(H,19,20). The van der Waals surface area contributed by atoms with Crippen molar-refractivity contribution in [1.29, 1.82) is 0 Å². The zero-order valence-corrected chi connectivity index (χ0v) is 12.0. The van der Waals surface area contributed by atoms with Crippen LogP contribution in [0.4, 0.5) is 11.4 Å². The fraction of sp³-hybridized carbons (Fsp3) is 0.250. The molecule has 0 aliphatic carbocycles. The minimum Gasteiger partial charge on any atom is -0.385 e. The number of anilines is 2. The number of amides is 1. The van der Waals surface area contributed by atoms with E-state index in [1.165, 1.54) is 0 Å². The summed E-state index contributed by atoms with van der Waals surface area (Å²) in [7, 11) is 0. The van der Waals surface area contributed by atoms with Crippen LogP contribution in [0.1, 0.15) is 28.5 Å². The molecule has 1 heterocycles. The van der Waals surface area contributed by atoms with Crippen molar-refractivity contribution in [1.82, 2.24) is 4.98 Å². The second-order valence-corrected chi connectivity index (χ2v) is 4.72. The van der Waals surface area contributed by atoms with Gasteiger partial charge in [-0.3, -0.25) is 9.78 Å². The Morgan fingerprint density at radius 2 is 1.90 bits per heavy atom. The Kier molecular flexibility index (Phi) is 4.35. The van der Waals surface area contributed by atoms with Gasteiger partial charge in [0.1, 0.15) is 0 Å². The lowest BCUT2D eigenvalue weighted by Crippen LogP contribution is -2.15. The lowest BCUT2D eigenvalue weighted by molar-refractivity contribution is 0.102. The first kappa shape index (κ1) is 14.1. The molecular weight excluding hydrogens is 250 g/mol. The predicted octanol–water partition coefficient (Wildman–Crippen LogP) is 3.38. The molecule has 0 atom stereocenters. The van der Waals surface area contributed by atoms with Gasteiger partial charge in [-0.15, -0.1) is 0 Å². The van der Waals surface area contributed by atoms with Crippen molar-refractivity contribution in [3.8, 4) is 0 Å². The first-order valence-electron chi connectivity index (χ1n) is 6.68. The third kappa shape index (κ3) is 3.35. The third-order valence-electron chi connectivity index (χ3n) is 2.96. The number of aryl methyl sites for hydroxylation is 2. The van der Waals surface area contributed by atoms with E-state index in [-0.39, 0.29) is 5.91 Å². The van der Waals surface area contributed by atoms with Crippen molar-refractivity contribution in [2.24, 2.45) is 0 Å². The molecule has 0 saturated carbocycles. The van der Waals surface area contributed by atoms with E-state index < -0.39 is 0 Å². The molecule has 0 unspecified atom stereocenters. The van der Waals surface area contributed by atoms with Gasteiger partial charge in [0.2, 0.25) is 0 Å². The molecule has 0 saturated heterocycles. The largest absolute Gasteiger partial charge is 0.385 e. The van der Waals surface area contributed by atoms with Crippen LogP contribution >= 0.6 is 0 Å². The zero-order chi connectivity index (χ0) is 14.5. The van der Waals surface area contributed by atoms with E-state index in [0.29, 0.717) is 5.56 Å². The molecule has 2 rings (SSSR count). The van der Waals surface area contributed by atoms with Crippen LogP contribution in [-0.2, 0) is 0 Å². The number of hydrogen-bond donors (Lipinski definition) is 2. The summed E-state index contributed by atoms with van der Waals surface area (Å²) in [6, 6.07) is 9.60. The van der Waals surface area contributed by atoms with E-state index in [2.05, 4.69) is 15.6 Å². The molecule has 0 bridgehead atoms. The Balaban J connectivity index is 2.22. The molecule has 0 spiro atoms. The number of carbonyl (C=O) groups is 1. The van der Waals surface area contributed by atoms with Crippen molar-refractivity contribution in [3.05, 3.63) is 53.3 Å². The molecule has 4 heteroatoms. The van der Waals surface area contributed by atoms with Crippen molar-refractivity contribution in [2.45, 2.75) is 20.8 Å². The molecule has 0 radical (unpaired) electrons. The SMILES string of the molecule is CCNc1cc(C)ncc1C(=O)Nc1ccc(C)cc1. The quantitative estimate of drug-likeness (QED) is 0.894. The fourth-order valence-electron chi connectivity index (χ4n) is 1.91. The number of carbonyl (C=O) groups excluding carboxylic acids is 1. The molecule has 1 amide bonds. The third-order valence-corrected chi connectivity index (χ3v) is 2.96. The maximum Gasteiger partial charge on any atom is 0.259 e. The molecule has 0 aliphatic rings. The monoisotopic (exact) mass is 269 g/mol. The summed E-state index contributed by atoms with van der Waals surface area (Å²) in [4.78, 5) is 16.5. The molecule has 1 aromatic heterocycles. The number of pyridine rings is 1. The van der Waals surface area contributed by atoms with Gasteiger partial charge in [-0.2, -0.15) is 0 Å². The van der Waals surface area contributed by atoms with Crippen LogP contribution in [0.3, 0.4) is 0 Å². The molecular formula is C16H19N3O. The van der Waals surface area contributed by atoms with Gasteiger partial charge in [0, 0.05) is 24.1 Å². The summed E-state index contributed by atoms with van der Waals surface area (Å²) >= 11 is 0. The van der Waals surface area contributed by atoms with Crippen LogP contribution in [0.25, 0.3) is 0 Å². The lowest BCUT2D eigenvalue weighted by Gasteiger charge is -2.11. The smallest absolute Gasteiger partial charge is 0.259 e. The van der Waals surface area contributed by atoms with Gasteiger partial charge in [0.25, 0.3) is 5.91 Å². The van der Waals surface area contributed by atoms with Crippen molar-refractivity contribution in [3.63, 3.8) is 0 Å². The van der Waals surface area contributed by atoms with Crippen LogP contribution in [0.2, 0.25) is 0 Å². The van der Waals surface area contributed by atoms with Crippen LogP contribution in [-0.4, -0.2) is 17.4 Å². The van der Waals surface area contributed by atoms with Crippen LogP contribution in [0.5, 0.6) is 0 Å². The summed E-state index contributed by atoms with van der Waals surface area (Å²) < 4.78 is 0.